The number of benzene rings is 2. The molecule has 8 heteroatoms. The summed E-state index contributed by atoms with van der Waals surface area (Å²) in [6.07, 6.45) is 4.11. The van der Waals surface area contributed by atoms with E-state index in [9.17, 15) is 9.59 Å². The number of hydrogen-bond acceptors (Lipinski definition) is 2. The number of nitrogens with one attached hydrogen (secondary N) is 1. The monoisotopic (exact) mass is 500 g/mol. The molecule has 1 saturated carbocycles. The van der Waals surface area contributed by atoms with Crippen molar-refractivity contribution in [2.45, 2.75) is 57.7 Å². The Hall–Kier alpha value is -1.46. The van der Waals surface area contributed by atoms with Crippen LogP contribution in [0.15, 0.2) is 36.4 Å². The number of carbonyl (C=O) groups excluding carboxylic acids is 2. The van der Waals surface area contributed by atoms with Crippen LogP contribution in [0.1, 0.15) is 43.7 Å². The molecule has 0 bridgehead atoms. The molecule has 0 saturated heterocycles. The van der Waals surface area contributed by atoms with E-state index in [0.29, 0.717) is 31.2 Å². The van der Waals surface area contributed by atoms with Crippen LogP contribution in [0, 0.1) is 0 Å². The largest absolute Gasteiger partial charge is 0.352 e. The molecule has 0 aromatic heterocycles. The number of amides is 2. The van der Waals surface area contributed by atoms with Crippen molar-refractivity contribution >= 4 is 58.2 Å². The number of nitrogens with zero attached hydrogens (tertiary/aromatic N) is 1. The van der Waals surface area contributed by atoms with Crippen LogP contribution in [0.3, 0.4) is 0 Å². The summed E-state index contributed by atoms with van der Waals surface area (Å²) in [7, 11) is 0. The third-order valence-electron chi connectivity index (χ3n) is 5.61. The van der Waals surface area contributed by atoms with Gasteiger partial charge in [0, 0.05) is 32.7 Å². The molecular weight excluding hydrogens is 478 g/mol. The average Bonchev–Trinajstić information content (AvgIpc) is 3.22. The minimum absolute atomic E-state index is 0.0231. The van der Waals surface area contributed by atoms with E-state index >= 15 is 0 Å². The summed E-state index contributed by atoms with van der Waals surface area (Å²) >= 11 is 24.9. The van der Waals surface area contributed by atoms with E-state index in [1.54, 1.807) is 43.3 Å². The van der Waals surface area contributed by atoms with Crippen LogP contribution in [-0.2, 0) is 22.6 Å². The summed E-state index contributed by atoms with van der Waals surface area (Å²) in [6.45, 7) is 1.89. The highest BCUT2D eigenvalue weighted by Crippen LogP contribution is 2.27. The van der Waals surface area contributed by atoms with Crippen LogP contribution >= 0.6 is 46.4 Å². The molecule has 1 aliphatic carbocycles. The van der Waals surface area contributed by atoms with Gasteiger partial charge >= 0.3 is 0 Å². The number of carbonyl (C=O) groups is 2. The predicted octanol–water partition coefficient (Wildman–Crippen LogP) is 6.32. The smallest absolute Gasteiger partial charge is 0.242 e. The Kier molecular flexibility index (Phi) is 8.51. The van der Waals surface area contributed by atoms with Crippen LogP contribution in [0.2, 0.25) is 20.1 Å². The molecule has 1 N–H and O–H groups in total. The van der Waals surface area contributed by atoms with E-state index in [2.05, 4.69) is 5.32 Å². The standard InChI is InChI=1S/C23H24Cl4N2O2/c1-14(23(31)28-17-5-2-3-6-17)29(13-15-9-10-16(24)11-21(15)27)22(30)12-18-19(25)7-4-8-20(18)26/h4,7-11,14,17H,2-3,5-6,12-13H2,1H3,(H,28,31)/t14-/m1/s1. The Labute approximate surface area is 202 Å². The molecule has 0 unspecified atom stereocenters. The van der Waals surface area contributed by atoms with Crippen molar-refractivity contribution in [3.63, 3.8) is 0 Å². The zero-order valence-electron chi connectivity index (χ0n) is 17.1. The van der Waals surface area contributed by atoms with Gasteiger partial charge in [-0.2, -0.15) is 0 Å². The first-order valence-corrected chi connectivity index (χ1v) is 11.7. The second-order valence-electron chi connectivity index (χ2n) is 7.80. The molecule has 166 valence electrons. The van der Waals surface area contributed by atoms with Gasteiger partial charge < -0.3 is 10.2 Å². The highest BCUT2D eigenvalue weighted by atomic mass is 35.5. The molecular formula is C23H24Cl4N2O2. The minimum Gasteiger partial charge on any atom is -0.352 e. The fraction of sp³-hybridized carbons (Fsp3) is 0.391. The molecule has 2 amide bonds. The average molecular weight is 502 g/mol. The van der Waals surface area contributed by atoms with Gasteiger partial charge in [0.2, 0.25) is 11.8 Å². The normalized spacial score (nSPS) is 15.0. The van der Waals surface area contributed by atoms with Gasteiger partial charge in [-0.1, -0.05) is 71.4 Å². The van der Waals surface area contributed by atoms with Crippen molar-refractivity contribution < 1.29 is 9.59 Å². The molecule has 1 atom stereocenters. The third-order valence-corrected chi connectivity index (χ3v) is 6.91. The highest BCUT2D eigenvalue weighted by molar-refractivity contribution is 6.36. The van der Waals surface area contributed by atoms with Gasteiger partial charge in [0.05, 0.1) is 6.42 Å². The number of halogens is 4. The second kappa shape index (κ2) is 10.9. The van der Waals surface area contributed by atoms with E-state index in [0.717, 1.165) is 25.7 Å². The molecule has 4 nitrogen and oxygen atoms in total. The zero-order chi connectivity index (χ0) is 22.5. The lowest BCUT2D eigenvalue weighted by Gasteiger charge is -2.30. The maximum Gasteiger partial charge on any atom is 0.242 e. The van der Waals surface area contributed by atoms with Gasteiger partial charge in [-0.15, -0.1) is 0 Å². The SMILES string of the molecule is C[C@H](C(=O)NC1CCCC1)N(Cc1ccc(Cl)cc1Cl)C(=O)Cc1c(Cl)cccc1Cl. The third kappa shape index (κ3) is 6.29. The summed E-state index contributed by atoms with van der Waals surface area (Å²) in [5.41, 5.74) is 1.23. The topological polar surface area (TPSA) is 49.4 Å². The molecule has 1 fully saturated rings. The van der Waals surface area contributed by atoms with Gasteiger partial charge in [-0.25, -0.2) is 0 Å². The molecule has 1 aliphatic rings. The molecule has 0 heterocycles. The van der Waals surface area contributed by atoms with Crippen LogP contribution in [0.25, 0.3) is 0 Å². The van der Waals surface area contributed by atoms with Crippen LogP contribution in [0.4, 0.5) is 0 Å². The van der Waals surface area contributed by atoms with E-state index < -0.39 is 6.04 Å². The number of hydrogen-bond donors (Lipinski definition) is 1. The lowest BCUT2D eigenvalue weighted by atomic mass is 10.1. The summed E-state index contributed by atoms with van der Waals surface area (Å²) in [5, 5.41) is 4.83. The van der Waals surface area contributed by atoms with Gasteiger partial charge in [-0.3, -0.25) is 9.59 Å². The van der Waals surface area contributed by atoms with Crippen molar-refractivity contribution in [1.82, 2.24) is 10.2 Å². The maximum atomic E-state index is 13.3. The van der Waals surface area contributed by atoms with Crippen molar-refractivity contribution in [3.8, 4) is 0 Å². The van der Waals surface area contributed by atoms with Crippen LogP contribution in [-0.4, -0.2) is 28.8 Å². The summed E-state index contributed by atoms with van der Waals surface area (Å²) < 4.78 is 0. The Balaban J connectivity index is 1.85. The molecule has 31 heavy (non-hydrogen) atoms. The van der Waals surface area contributed by atoms with Crippen molar-refractivity contribution in [3.05, 3.63) is 67.6 Å². The number of rotatable bonds is 7. The summed E-state index contributed by atoms with van der Waals surface area (Å²) in [5.74, 6) is -0.453. The molecule has 2 aromatic rings. The Morgan fingerprint density at radius 3 is 2.29 bits per heavy atom. The highest BCUT2D eigenvalue weighted by Gasteiger charge is 2.29. The molecule has 0 radical (unpaired) electrons. The van der Waals surface area contributed by atoms with E-state index in [-0.39, 0.29) is 30.8 Å². The van der Waals surface area contributed by atoms with Gasteiger partial charge in [0.25, 0.3) is 0 Å². The first-order chi connectivity index (χ1) is 14.8. The minimum atomic E-state index is -0.693. The zero-order valence-corrected chi connectivity index (χ0v) is 20.2. The van der Waals surface area contributed by atoms with Gasteiger partial charge in [-0.05, 0) is 55.2 Å². The molecule has 0 spiro atoms. The van der Waals surface area contributed by atoms with Crippen molar-refractivity contribution in [1.29, 1.82) is 0 Å². The first-order valence-electron chi connectivity index (χ1n) is 10.2. The lowest BCUT2D eigenvalue weighted by Crippen LogP contribution is -2.50. The fourth-order valence-corrected chi connectivity index (χ4v) is 4.76. The molecule has 3 rings (SSSR count). The molecule has 2 aromatic carbocycles. The van der Waals surface area contributed by atoms with Crippen molar-refractivity contribution in [2.75, 3.05) is 0 Å². The van der Waals surface area contributed by atoms with E-state index in [1.165, 1.54) is 4.90 Å². The summed E-state index contributed by atoms with van der Waals surface area (Å²) in [4.78, 5) is 27.8. The first kappa shape index (κ1) is 24.2. The van der Waals surface area contributed by atoms with E-state index in [4.69, 9.17) is 46.4 Å². The maximum absolute atomic E-state index is 13.3. The Morgan fingerprint density at radius 2 is 1.68 bits per heavy atom. The lowest BCUT2D eigenvalue weighted by molar-refractivity contribution is -0.140. The van der Waals surface area contributed by atoms with Crippen LogP contribution in [0.5, 0.6) is 0 Å². The predicted molar refractivity (Wildman–Crippen MR) is 127 cm³/mol. The summed E-state index contributed by atoms with van der Waals surface area (Å²) in [6, 6.07) is 9.65. The fourth-order valence-electron chi connectivity index (χ4n) is 3.76. The quantitative estimate of drug-likeness (QED) is 0.482. The Bertz CT molecular complexity index is 940. The van der Waals surface area contributed by atoms with Gasteiger partial charge in [0.1, 0.15) is 6.04 Å². The van der Waals surface area contributed by atoms with Gasteiger partial charge in [0.15, 0.2) is 0 Å². The van der Waals surface area contributed by atoms with Crippen molar-refractivity contribution in [2.24, 2.45) is 0 Å². The van der Waals surface area contributed by atoms with Crippen LogP contribution < -0.4 is 5.32 Å². The molecule has 0 aliphatic heterocycles. The second-order valence-corrected chi connectivity index (χ2v) is 9.46. The van der Waals surface area contributed by atoms with E-state index in [1.807, 2.05) is 0 Å². The Morgan fingerprint density at radius 1 is 1.03 bits per heavy atom.